The Kier molecular flexibility index (Phi) is 2.27. The van der Waals surface area contributed by atoms with Crippen LogP contribution in [0.5, 0.6) is 0 Å². The Labute approximate surface area is 141 Å². The molecule has 5 saturated carbocycles. The Morgan fingerprint density at radius 3 is 1.67 bits per heavy atom. The van der Waals surface area contributed by atoms with E-state index in [2.05, 4.69) is 12.2 Å². The van der Waals surface area contributed by atoms with E-state index in [1.165, 1.54) is 33.5 Å². The minimum atomic E-state index is -0.589. The molecular formula is C20H24O4. The number of carbonyl (C=O) groups is 2. The number of esters is 2. The lowest BCUT2D eigenvalue weighted by Gasteiger charge is -2.80. The second-order valence-corrected chi connectivity index (χ2v) is 9.11. The molecule has 0 radical (unpaired) electrons. The van der Waals surface area contributed by atoms with Crippen LogP contribution < -0.4 is 0 Å². The Morgan fingerprint density at radius 1 is 0.792 bits per heavy atom. The summed E-state index contributed by atoms with van der Waals surface area (Å²) in [4.78, 5) is 26.4. The molecule has 6 rings (SSSR count). The lowest BCUT2D eigenvalue weighted by atomic mass is 9.19. The maximum absolute atomic E-state index is 13.2. The van der Waals surface area contributed by atoms with Crippen molar-refractivity contribution in [2.24, 2.45) is 58.2 Å². The Bertz CT molecular complexity index is 642. The molecule has 128 valence electrons. The molecule has 0 aromatic heterocycles. The highest BCUT2D eigenvalue weighted by Gasteiger charge is 2.97. The average molecular weight is 328 g/mol. The zero-order valence-corrected chi connectivity index (χ0v) is 14.2. The van der Waals surface area contributed by atoms with Gasteiger partial charge in [-0.1, -0.05) is 12.2 Å². The summed E-state index contributed by atoms with van der Waals surface area (Å²) in [5.74, 6) is 3.22. The molecule has 0 amide bonds. The van der Waals surface area contributed by atoms with E-state index < -0.39 is 10.8 Å². The molecule has 10 atom stereocenters. The van der Waals surface area contributed by atoms with Crippen LogP contribution in [0, 0.1) is 58.2 Å². The summed E-state index contributed by atoms with van der Waals surface area (Å²) in [6.45, 7) is 0. The summed E-state index contributed by atoms with van der Waals surface area (Å²) in [5, 5.41) is 0. The number of hydrogen-bond acceptors (Lipinski definition) is 4. The molecule has 4 heteroatoms. The van der Waals surface area contributed by atoms with Crippen LogP contribution in [-0.2, 0) is 19.1 Å². The zero-order chi connectivity index (χ0) is 16.4. The molecule has 0 aliphatic heterocycles. The van der Waals surface area contributed by atoms with Gasteiger partial charge in [-0.25, -0.2) is 0 Å². The first kappa shape index (κ1) is 13.9. The second-order valence-electron chi connectivity index (χ2n) is 9.11. The molecule has 0 spiro atoms. The molecule has 0 aromatic rings. The summed E-state index contributed by atoms with van der Waals surface area (Å²) in [7, 11) is 2.99. The van der Waals surface area contributed by atoms with Crippen LogP contribution in [0.1, 0.15) is 25.7 Å². The molecule has 4 bridgehead atoms. The lowest BCUT2D eigenvalue weighted by Crippen LogP contribution is -2.87. The number of methoxy groups -OCH3 is 2. The predicted octanol–water partition coefficient (Wildman–Crippen LogP) is 2.43. The van der Waals surface area contributed by atoms with Crippen molar-refractivity contribution in [3.05, 3.63) is 12.2 Å². The highest BCUT2D eigenvalue weighted by Crippen LogP contribution is 2.92. The van der Waals surface area contributed by atoms with E-state index in [-0.39, 0.29) is 11.9 Å². The fourth-order valence-corrected chi connectivity index (χ4v) is 9.24. The van der Waals surface area contributed by atoms with E-state index in [1.807, 2.05) is 0 Å². The SMILES string of the molecule is COC(=O)[C@@]12[C@H]3[C@@H]4CC[C@@H](C4)[C@H]3[C@]1(C(=O)OC)[C@@H]1[C@H]2[C@H]2C=C[C@@H]1C2. The number of carbonyl (C=O) groups excluding carboxylic acids is 2. The third-order valence-electron chi connectivity index (χ3n) is 9.21. The van der Waals surface area contributed by atoms with Crippen LogP contribution >= 0.6 is 0 Å². The van der Waals surface area contributed by atoms with Crippen molar-refractivity contribution in [2.45, 2.75) is 25.7 Å². The van der Waals surface area contributed by atoms with Gasteiger partial charge in [-0.3, -0.25) is 9.59 Å². The molecule has 4 nitrogen and oxygen atoms in total. The first-order valence-electron chi connectivity index (χ1n) is 9.49. The maximum atomic E-state index is 13.2. The van der Waals surface area contributed by atoms with Gasteiger partial charge >= 0.3 is 11.9 Å². The van der Waals surface area contributed by atoms with Crippen LogP contribution in [0.4, 0.5) is 0 Å². The van der Waals surface area contributed by atoms with Gasteiger partial charge < -0.3 is 9.47 Å². The van der Waals surface area contributed by atoms with Gasteiger partial charge in [-0.05, 0) is 73.0 Å². The van der Waals surface area contributed by atoms with E-state index in [4.69, 9.17) is 9.47 Å². The van der Waals surface area contributed by atoms with Gasteiger partial charge in [-0.15, -0.1) is 0 Å². The summed E-state index contributed by atoms with van der Waals surface area (Å²) in [6.07, 6.45) is 9.37. The number of rotatable bonds is 2. The van der Waals surface area contributed by atoms with Gasteiger partial charge in [0.2, 0.25) is 0 Å². The second kappa shape index (κ2) is 3.91. The normalized spacial score (nSPS) is 59.9. The van der Waals surface area contributed by atoms with Crippen LogP contribution in [0.15, 0.2) is 12.2 Å². The number of hydrogen-bond donors (Lipinski definition) is 0. The largest absolute Gasteiger partial charge is 0.469 e. The van der Waals surface area contributed by atoms with Gasteiger partial charge in [0.05, 0.1) is 25.0 Å². The summed E-state index contributed by atoms with van der Waals surface area (Å²) < 4.78 is 10.7. The monoisotopic (exact) mass is 328 g/mol. The first-order chi connectivity index (χ1) is 11.6. The van der Waals surface area contributed by atoms with Crippen molar-refractivity contribution >= 4 is 11.9 Å². The topological polar surface area (TPSA) is 52.6 Å². The zero-order valence-electron chi connectivity index (χ0n) is 14.2. The quantitative estimate of drug-likeness (QED) is 0.577. The van der Waals surface area contributed by atoms with Crippen LogP contribution in [0.2, 0.25) is 0 Å². The number of ether oxygens (including phenoxy) is 2. The van der Waals surface area contributed by atoms with E-state index in [0.717, 1.165) is 6.42 Å². The Morgan fingerprint density at radius 2 is 1.25 bits per heavy atom. The Hall–Kier alpha value is -1.32. The lowest BCUT2D eigenvalue weighted by molar-refractivity contribution is -0.356. The Balaban J connectivity index is 1.59. The van der Waals surface area contributed by atoms with E-state index in [0.29, 0.717) is 47.3 Å². The first-order valence-corrected chi connectivity index (χ1v) is 9.49. The third-order valence-corrected chi connectivity index (χ3v) is 9.21. The predicted molar refractivity (Wildman–Crippen MR) is 84.4 cm³/mol. The fraction of sp³-hybridized carbons (Fsp3) is 0.800. The smallest absolute Gasteiger partial charge is 0.313 e. The summed E-state index contributed by atoms with van der Waals surface area (Å²) >= 11 is 0. The molecule has 0 unspecified atom stereocenters. The summed E-state index contributed by atoms with van der Waals surface area (Å²) in [5.41, 5.74) is -1.18. The fourth-order valence-electron chi connectivity index (χ4n) is 9.24. The maximum Gasteiger partial charge on any atom is 0.313 e. The molecule has 0 saturated heterocycles. The van der Waals surface area contributed by atoms with E-state index in [9.17, 15) is 9.59 Å². The molecular weight excluding hydrogens is 304 g/mol. The molecule has 6 aliphatic rings. The van der Waals surface area contributed by atoms with Crippen molar-refractivity contribution in [1.82, 2.24) is 0 Å². The van der Waals surface area contributed by atoms with Gasteiger partial charge in [0.1, 0.15) is 0 Å². The van der Waals surface area contributed by atoms with Gasteiger partial charge in [0.15, 0.2) is 0 Å². The van der Waals surface area contributed by atoms with E-state index >= 15 is 0 Å². The highest BCUT2D eigenvalue weighted by molar-refractivity contribution is 5.96. The standard InChI is InChI=1S/C20H24O4/c1-23-17(21)19-13-9-3-5-11(7-9)15(13)20(19,18(22)24-2)16-12-6-4-10(8-12)14(16)19/h3,5,9-16H,4,6-8H2,1-2H3/t9-,10+,11+,12-,13+,14-,15-,16+,19+,20-. The van der Waals surface area contributed by atoms with Crippen LogP contribution in [-0.4, -0.2) is 26.2 Å². The minimum Gasteiger partial charge on any atom is -0.469 e. The van der Waals surface area contributed by atoms with Crippen molar-refractivity contribution in [2.75, 3.05) is 14.2 Å². The van der Waals surface area contributed by atoms with Crippen molar-refractivity contribution < 1.29 is 19.1 Å². The minimum absolute atomic E-state index is 0.121. The van der Waals surface area contributed by atoms with Crippen molar-refractivity contribution in [3.63, 3.8) is 0 Å². The molecule has 24 heavy (non-hydrogen) atoms. The highest BCUT2D eigenvalue weighted by atomic mass is 16.5. The van der Waals surface area contributed by atoms with Crippen LogP contribution in [0.25, 0.3) is 0 Å². The van der Waals surface area contributed by atoms with Gasteiger partial charge in [-0.2, -0.15) is 0 Å². The van der Waals surface area contributed by atoms with Crippen LogP contribution in [0.3, 0.4) is 0 Å². The number of allylic oxidation sites excluding steroid dienone is 2. The number of fused-ring (bicyclic) bond motifs is 15. The summed E-state index contributed by atoms with van der Waals surface area (Å²) in [6, 6.07) is 0. The molecule has 0 heterocycles. The molecule has 0 N–H and O–H groups in total. The van der Waals surface area contributed by atoms with E-state index in [1.54, 1.807) is 0 Å². The third kappa shape index (κ3) is 0.996. The molecule has 0 aromatic carbocycles. The molecule has 6 aliphatic carbocycles. The van der Waals surface area contributed by atoms with Crippen molar-refractivity contribution in [3.8, 4) is 0 Å². The van der Waals surface area contributed by atoms with Gasteiger partial charge in [0, 0.05) is 0 Å². The average Bonchev–Trinajstić information content (AvgIpc) is 3.33. The molecule has 5 fully saturated rings. The van der Waals surface area contributed by atoms with Crippen molar-refractivity contribution in [1.29, 1.82) is 0 Å². The van der Waals surface area contributed by atoms with Gasteiger partial charge in [0.25, 0.3) is 0 Å².